The summed E-state index contributed by atoms with van der Waals surface area (Å²) in [5, 5.41) is 3.35. The summed E-state index contributed by atoms with van der Waals surface area (Å²) in [4.78, 5) is 33.9. The van der Waals surface area contributed by atoms with Gasteiger partial charge in [-0.25, -0.2) is 4.98 Å². The smallest absolute Gasteiger partial charge is 0.274 e. The summed E-state index contributed by atoms with van der Waals surface area (Å²) < 4.78 is 5.44. The molecule has 9 heteroatoms. The molecule has 7 nitrogen and oxygen atoms in total. The number of carbonyl (C=O) groups is 2. The molecule has 2 amide bonds. The maximum absolute atomic E-state index is 13.2. The maximum Gasteiger partial charge on any atom is 0.274 e. The van der Waals surface area contributed by atoms with Gasteiger partial charge >= 0.3 is 0 Å². The lowest BCUT2D eigenvalue weighted by molar-refractivity contribution is 0.0713. The Morgan fingerprint density at radius 2 is 1.65 bits per heavy atom. The van der Waals surface area contributed by atoms with Gasteiger partial charge in [0.25, 0.3) is 11.8 Å². The molecule has 3 heterocycles. The molecule has 0 radical (unpaired) electrons. The van der Waals surface area contributed by atoms with Crippen LogP contribution in [0.1, 0.15) is 45.2 Å². The van der Waals surface area contributed by atoms with Gasteiger partial charge in [0.05, 0.1) is 13.2 Å². The molecule has 2 fully saturated rings. The fraction of sp³-hybridized carbons (Fsp3) is 0.321. The van der Waals surface area contributed by atoms with Crippen molar-refractivity contribution in [2.24, 2.45) is 0 Å². The highest BCUT2D eigenvalue weighted by Gasteiger charge is 2.25. The first-order chi connectivity index (χ1) is 18.0. The molecule has 0 bridgehead atoms. The van der Waals surface area contributed by atoms with E-state index < -0.39 is 0 Å². The summed E-state index contributed by atoms with van der Waals surface area (Å²) in [5.74, 6) is 0.0740. The minimum absolute atomic E-state index is 0.0846. The van der Waals surface area contributed by atoms with E-state index in [9.17, 15) is 9.59 Å². The Bertz CT molecular complexity index is 1250. The Kier molecular flexibility index (Phi) is 7.93. The van der Waals surface area contributed by atoms with Gasteiger partial charge in [-0.1, -0.05) is 41.4 Å². The number of aromatic nitrogens is 1. The van der Waals surface area contributed by atoms with E-state index in [1.54, 1.807) is 0 Å². The maximum atomic E-state index is 13.2. The SMILES string of the molecule is O=C(Nc1ccc(C2CCN(C(=O)c3cccc(N4CCOCC4)c3)CC2)cc1)c1cc(Cl)cc(Cl)n1. The monoisotopic (exact) mass is 538 g/mol. The minimum Gasteiger partial charge on any atom is -0.378 e. The molecule has 192 valence electrons. The van der Waals surface area contributed by atoms with Crippen molar-refractivity contribution < 1.29 is 14.3 Å². The summed E-state index contributed by atoms with van der Waals surface area (Å²) in [5.41, 5.74) is 3.83. The van der Waals surface area contributed by atoms with Gasteiger partial charge in [-0.15, -0.1) is 0 Å². The molecular weight excluding hydrogens is 511 g/mol. The van der Waals surface area contributed by atoms with E-state index in [2.05, 4.69) is 21.3 Å². The number of nitrogens with zero attached hydrogens (tertiary/aromatic N) is 3. The molecule has 5 rings (SSSR count). The number of hydrogen-bond donors (Lipinski definition) is 1. The van der Waals surface area contributed by atoms with Crippen molar-refractivity contribution in [1.29, 1.82) is 0 Å². The summed E-state index contributed by atoms with van der Waals surface area (Å²) >= 11 is 11.9. The Hall–Kier alpha value is -3.13. The normalized spacial score (nSPS) is 16.5. The van der Waals surface area contributed by atoms with Crippen molar-refractivity contribution in [2.45, 2.75) is 18.8 Å². The Morgan fingerprint density at radius 1 is 0.919 bits per heavy atom. The van der Waals surface area contributed by atoms with E-state index in [0.29, 0.717) is 42.9 Å². The van der Waals surface area contributed by atoms with Crippen LogP contribution in [0.25, 0.3) is 0 Å². The van der Waals surface area contributed by atoms with Gasteiger partial charge in [-0.05, 0) is 66.8 Å². The second-order valence-corrected chi connectivity index (χ2v) is 10.1. The molecule has 1 aromatic heterocycles. The molecule has 0 aliphatic carbocycles. The zero-order valence-electron chi connectivity index (χ0n) is 20.3. The van der Waals surface area contributed by atoms with Gasteiger partial charge in [0, 0.05) is 48.1 Å². The second kappa shape index (κ2) is 11.5. The lowest BCUT2D eigenvalue weighted by atomic mass is 9.89. The Morgan fingerprint density at radius 3 is 2.35 bits per heavy atom. The van der Waals surface area contributed by atoms with Crippen molar-refractivity contribution >= 4 is 46.4 Å². The molecule has 37 heavy (non-hydrogen) atoms. The molecule has 1 N–H and O–H groups in total. The van der Waals surface area contributed by atoms with Crippen LogP contribution in [-0.2, 0) is 4.74 Å². The standard InChI is InChI=1S/C28H28Cl2N4O3/c29-22-17-25(32-26(30)18-22)27(35)31-23-6-4-19(5-7-23)20-8-10-34(11-9-20)28(36)21-2-1-3-24(16-21)33-12-14-37-15-13-33/h1-7,16-18,20H,8-15H2,(H,31,35). The summed E-state index contributed by atoms with van der Waals surface area (Å²) in [6.45, 7) is 4.55. The van der Waals surface area contributed by atoms with Crippen molar-refractivity contribution in [3.05, 3.63) is 87.7 Å². The van der Waals surface area contributed by atoms with Crippen LogP contribution in [0.3, 0.4) is 0 Å². The van der Waals surface area contributed by atoms with Crippen molar-refractivity contribution in [1.82, 2.24) is 9.88 Å². The van der Waals surface area contributed by atoms with Crippen LogP contribution in [0.2, 0.25) is 10.2 Å². The molecule has 3 aromatic rings. The van der Waals surface area contributed by atoms with Crippen molar-refractivity contribution in [2.75, 3.05) is 49.6 Å². The highest BCUT2D eigenvalue weighted by atomic mass is 35.5. The van der Waals surface area contributed by atoms with Gasteiger partial charge in [-0.3, -0.25) is 9.59 Å². The zero-order chi connectivity index (χ0) is 25.8. The molecule has 0 unspecified atom stereocenters. The van der Waals surface area contributed by atoms with Gasteiger partial charge in [0.1, 0.15) is 10.8 Å². The van der Waals surface area contributed by atoms with Gasteiger partial charge in [-0.2, -0.15) is 0 Å². The van der Waals surface area contributed by atoms with E-state index in [0.717, 1.165) is 37.2 Å². The summed E-state index contributed by atoms with van der Waals surface area (Å²) in [6, 6.07) is 18.7. The van der Waals surface area contributed by atoms with E-state index in [-0.39, 0.29) is 22.7 Å². The Balaban J connectivity index is 1.16. The number of nitrogens with one attached hydrogen (secondary N) is 1. The van der Waals surface area contributed by atoms with Crippen LogP contribution in [0.15, 0.2) is 60.7 Å². The first-order valence-electron chi connectivity index (χ1n) is 12.4. The first kappa shape index (κ1) is 25.5. The third-order valence-corrected chi connectivity index (χ3v) is 7.29. The molecular formula is C28H28Cl2N4O3. The van der Waals surface area contributed by atoms with Crippen LogP contribution in [0.4, 0.5) is 11.4 Å². The molecule has 2 aromatic carbocycles. The predicted molar refractivity (Wildman–Crippen MR) is 146 cm³/mol. The number of amides is 2. The number of benzene rings is 2. The quantitative estimate of drug-likeness (QED) is 0.434. The van der Waals surface area contributed by atoms with Gasteiger partial charge < -0.3 is 19.9 Å². The average Bonchev–Trinajstić information content (AvgIpc) is 2.93. The van der Waals surface area contributed by atoms with Crippen LogP contribution in [-0.4, -0.2) is 61.1 Å². The number of likely N-dealkylation sites (tertiary alicyclic amines) is 1. The fourth-order valence-electron chi connectivity index (χ4n) is 4.87. The first-order valence-corrected chi connectivity index (χ1v) is 13.2. The van der Waals surface area contributed by atoms with Crippen molar-refractivity contribution in [3.8, 4) is 0 Å². The number of piperidine rings is 1. The minimum atomic E-state index is -0.373. The third-order valence-electron chi connectivity index (χ3n) is 6.88. The number of carbonyl (C=O) groups excluding carboxylic acids is 2. The lowest BCUT2D eigenvalue weighted by Crippen LogP contribution is -2.38. The van der Waals surface area contributed by atoms with E-state index in [1.165, 1.54) is 17.7 Å². The predicted octanol–water partition coefficient (Wildman–Crippen LogP) is 5.50. The number of hydrogen-bond acceptors (Lipinski definition) is 5. The highest BCUT2D eigenvalue weighted by molar-refractivity contribution is 6.34. The number of halogens is 2. The Labute approximate surface area is 226 Å². The molecule has 0 spiro atoms. The van der Waals surface area contributed by atoms with E-state index in [1.807, 2.05) is 47.4 Å². The molecule has 2 aliphatic heterocycles. The highest BCUT2D eigenvalue weighted by Crippen LogP contribution is 2.30. The molecule has 2 saturated heterocycles. The van der Waals surface area contributed by atoms with Crippen LogP contribution >= 0.6 is 23.2 Å². The topological polar surface area (TPSA) is 74.8 Å². The van der Waals surface area contributed by atoms with Gasteiger partial charge in [0.2, 0.25) is 0 Å². The fourth-order valence-corrected chi connectivity index (χ4v) is 5.34. The molecule has 2 aliphatic rings. The van der Waals surface area contributed by atoms with Crippen LogP contribution in [0, 0.1) is 0 Å². The van der Waals surface area contributed by atoms with Crippen LogP contribution < -0.4 is 10.2 Å². The van der Waals surface area contributed by atoms with Gasteiger partial charge in [0.15, 0.2) is 0 Å². The second-order valence-electron chi connectivity index (χ2n) is 9.29. The molecule has 0 atom stereocenters. The number of pyridine rings is 1. The number of morpholine rings is 1. The number of anilines is 2. The molecule has 0 saturated carbocycles. The van der Waals surface area contributed by atoms with E-state index >= 15 is 0 Å². The lowest BCUT2D eigenvalue weighted by Gasteiger charge is -2.33. The summed E-state index contributed by atoms with van der Waals surface area (Å²) in [6.07, 6.45) is 1.79. The number of rotatable bonds is 5. The van der Waals surface area contributed by atoms with E-state index in [4.69, 9.17) is 27.9 Å². The third kappa shape index (κ3) is 6.24. The van der Waals surface area contributed by atoms with Crippen molar-refractivity contribution in [3.63, 3.8) is 0 Å². The number of ether oxygens (including phenoxy) is 1. The van der Waals surface area contributed by atoms with Crippen LogP contribution in [0.5, 0.6) is 0 Å². The largest absolute Gasteiger partial charge is 0.378 e. The average molecular weight is 539 g/mol. The summed E-state index contributed by atoms with van der Waals surface area (Å²) in [7, 11) is 0. The zero-order valence-corrected chi connectivity index (χ0v) is 21.8.